The number of hydrogen-bond acceptors (Lipinski definition) is 5. The van der Waals surface area contributed by atoms with Crippen LogP contribution in [-0.2, 0) is 17.8 Å². The van der Waals surface area contributed by atoms with Crippen molar-refractivity contribution < 1.29 is 9.84 Å². The van der Waals surface area contributed by atoms with E-state index in [9.17, 15) is 0 Å². The van der Waals surface area contributed by atoms with Gasteiger partial charge in [0, 0.05) is 32.8 Å². The van der Waals surface area contributed by atoms with Crippen molar-refractivity contribution >= 4 is 0 Å². The van der Waals surface area contributed by atoms with E-state index in [2.05, 4.69) is 26.6 Å². The van der Waals surface area contributed by atoms with Crippen molar-refractivity contribution in [3.05, 3.63) is 11.6 Å². The molecule has 1 fully saturated rings. The molecule has 6 heteroatoms. The van der Waals surface area contributed by atoms with Gasteiger partial charge in [-0.1, -0.05) is 6.92 Å². The zero-order chi connectivity index (χ0) is 15.1. The molecule has 2 rings (SSSR count). The van der Waals surface area contributed by atoms with E-state index in [1.165, 1.54) is 0 Å². The van der Waals surface area contributed by atoms with Gasteiger partial charge in [-0.3, -0.25) is 4.90 Å². The molecule has 1 aliphatic rings. The minimum atomic E-state index is 0.214. The molecule has 0 aromatic carbocycles. The SMILES string of the molecule is CCCn1c(C)nnc1CN1CCC(OCCCO)CC1. The largest absolute Gasteiger partial charge is 0.396 e. The van der Waals surface area contributed by atoms with E-state index >= 15 is 0 Å². The zero-order valence-electron chi connectivity index (χ0n) is 13.3. The number of likely N-dealkylation sites (tertiary alicyclic amines) is 1. The second-order valence-corrected chi connectivity index (χ2v) is 5.74. The Morgan fingerprint density at radius 1 is 1.29 bits per heavy atom. The van der Waals surface area contributed by atoms with E-state index in [0.717, 1.165) is 63.5 Å². The fourth-order valence-corrected chi connectivity index (χ4v) is 2.80. The Kier molecular flexibility index (Phi) is 6.60. The van der Waals surface area contributed by atoms with Crippen LogP contribution in [0.15, 0.2) is 0 Å². The second kappa shape index (κ2) is 8.46. The van der Waals surface area contributed by atoms with Gasteiger partial charge in [0.15, 0.2) is 0 Å². The number of rotatable bonds is 8. The molecule has 0 bridgehead atoms. The van der Waals surface area contributed by atoms with E-state index < -0.39 is 0 Å². The van der Waals surface area contributed by atoms with Gasteiger partial charge in [-0.05, 0) is 32.6 Å². The van der Waals surface area contributed by atoms with Crippen LogP contribution in [0.2, 0.25) is 0 Å². The normalized spacial score (nSPS) is 17.5. The highest BCUT2D eigenvalue weighted by Gasteiger charge is 2.21. The lowest BCUT2D eigenvalue weighted by molar-refractivity contribution is 0.000152. The van der Waals surface area contributed by atoms with Crippen molar-refractivity contribution in [1.82, 2.24) is 19.7 Å². The standard InChI is InChI=1S/C15H28N4O2/c1-3-7-19-13(2)16-17-15(19)12-18-8-5-14(6-9-18)21-11-4-10-20/h14,20H,3-12H2,1-2H3. The Morgan fingerprint density at radius 2 is 2.05 bits per heavy atom. The molecular formula is C15H28N4O2. The van der Waals surface area contributed by atoms with Gasteiger partial charge in [0.05, 0.1) is 12.6 Å². The van der Waals surface area contributed by atoms with Gasteiger partial charge in [-0.2, -0.15) is 0 Å². The maximum atomic E-state index is 8.77. The molecule has 6 nitrogen and oxygen atoms in total. The highest BCUT2D eigenvalue weighted by atomic mass is 16.5. The van der Waals surface area contributed by atoms with Gasteiger partial charge >= 0.3 is 0 Å². The Labute approximate surface area is 127 Å². The molecule has 1 aliphatic heterocycles. The number of piperidine rings is 1. The molecule has 0 amide bonds. The minimum Gasteiger partial charge on any atom is -0.396 e. The van der Waals surface area contributed by atoms with Crippen LogP contribution in [0.5, 0.6) is 0 Å². The second-order valence-electron chi connectivity index (χ2n) is 5.74. The molecule has 0 radical (unpaired) electrons. The topological polar surface area (TPSA) is 63.4 Å². The first-order valence-electron chi connectivity index (χ1n) is 8.08. The van der Waals surface area contributed by atoms with Crippen LogP contribution in [0.4, 0.5) is 0 Å². The third-order valence-corrected chi connectivity index (χ3v) is 4.02. The van der Waals surface area contributed by atoms with Gasteiger partial charge in [0.1, 0.15) is 11.6 Å². The first-order valence-corrected chi connectivity index (χ1v) is 8.08. The smallest absolute Gasteiger partial charge is 0.147 e. The Morgan fingerprint density at radius 3 is 2.71 bits per heavy atom. The number of hydrogen-bond donors (Lipinski definition) is 1. The van der Waals surface area contributed by atoms with Crippen LogP contribution in [0.25, 0.3) is 0 Å². The summed E-state index contributed by atoms with van der Waals surface area (Å²) in [5, 5.41) is 17.3. The third kappa shape index (κ3) is 4.76. The summed E-state index contributed by atoms with van der Waals surface area (Å²) in [5.74, 6) is 2.09. The van der Waals surface area contributed by atoms with E-state index in [4.69, 9.17) is 9.84 Å². The number of aromatic nitrogens is 3. The van der Waals surface area contributed by atoms with Gasteiger partial charge < -0.3 is 14.4 Å². The van der Waals surface area contributed by atoms with E-state index in [0.29, 0.717) is 12.7 Å². The lowest BCUT2D eigenvalue weighted by Gasteiger charge is -2.31. The molecule has 1 saturated heterocycles. The van der Waals surface area contributed by atoms with Crippen LogP contribution < -0.4 is 0 Å². The highest BCUT2D eigenvalue weighted by molar-refractivity contribution is 4.94. The van der Waals surface area contributed by atoms with Gasteiger partial charge in [-0.25, -0.2) is 0 Å². The lowest BCUT2D eigenvalue weighted by Crippen LogP contribution is -2.37. The first-order chi connectivity index (χ1) is 10.2. The van der Waals surface area contributed by atoms with E-state index in [1.807, 2.05) is 6.92 Å². The molecule has 2 heterocycles. The molecule has 1 aromatic heterocycles. The zero-order valence-corrected chi connectivity index (χ0v) is 13.3. The summed E-state index contributed by atoms with van der Waals surface area (Å²) in [6.45, 7) is 9.05. The summed E-state index contributed by atoms with van der Waals surface area (Å²) in [6, 6.07) is 0. The summed E-state index contributed by atoms with van der Waals surface area (Å²) >= 11 is 0. The van der Waals surface area contributed by atoms with Crippen LogP contribution in [0.3, 0.4) is 0 Å². The molecule has 0 unspecified atom stereocenters. The van der Waals surface area contributed by atoms with Gasteiger partial charge in [-0.15, -0.1) is 10.2 Å². The number of aryl methyl sites for hydroxylation is 1. The fraction of sp³-hybridized carbons (Fsp3) is 0.867. The van der Waals surface area contributed by atoms with Crippen LogP contribution in [0, 0.1) is 6.92 Å². The lowest BCUT2D eigenvalue weighted by atomic mass is 10.1. The fourth-order valence-electron chi connectivity index (χ4n) is 2.80. The van der Waals surface area contributed by atoms with Crippen molar-refractivity contribution in [2.75, 3.05) is 26.3 Å². The summed E-state index contributed by atoms with van der Waals surface area (Å²) in [7, 11) is 0. The van der Waals surface area contributed by atoms with Crippen molar-refractivity contribution in [1.29, 1.82) is 0 Å². The van der Waals surface area contributed by atoms with Crippen molar-refractivity contribution in [3.63, 3.8) is 0 Å². The molecule has 21 heavy (non-hydrogen) atoms. The maximum absolute atomic E-state index is 8.77. The van der Waals surface area contributed by atoms with E-state index in [1.54, 1.807) is 0 Å². The number of aliphatic hydroxyl groups excluding tert-OH is 1. The van der Waals surface area contributed by atoms with Crippen LogP contribution >= 0.6 is 0 Å². The van der Waals surface area contributed by atoms with Gasteiger partial charge in [0.2, 0.25) is 0 Å². The predicted molar refractivity (Wildman–Crippen MR) is 81.0 cm³/mol. The summed E-state index contributed by atoms with van der Waals surface area (Å²) in [6.07, 6.45) is 4.31. The van der Waals surface area contributed by atoms with Crippen LogP contribution in [0.1, 0.15) is 44.3 Å². The molecule has 0 atom stereocenters. The summed E-state index contributed by atoms with van der Waals surface area (Å²) in [4.78, 5) is 2.43. The first kappa shape index (κ1) is 16.4. The van der Waals surface area contributed by atoms with Crippen molar-refractivity contribution in [2.45, 2.75) is 58.7 Å². The molecule has 0 aliphatic carbocycles. The number of aliphatic hydroxyl groups is 1. The quantitative estimate of drug-likeness (QED) is 0.734. The predicted octanol–water partition coefficient (Wildman–Crippen LogP) is 1.36. The molecule has 120 valence electrons. The minimum absolute atomic E-state index is 0.214. The van der Waals surface area contributed by atoms with Crippen LogP contribution in [-0.4, -0.2) is 57.2 Å². The van der Waals surface area contributed by atoms with Gasteiger partial charge in [0.25, 0.3) is 0 Å². The molecular weight excluding hydrogens is 268 g/mol. The Hall–Kier alpha value is -0.980. The third-order valence-electron chi connectivity index (χ3n) is 4.02. The highest BCUT2D eigenvalue weighted by Crippen LogP contribution is 2.16. The molecule has 1 N–H and O–H groups in total. The maximum Gasteiger partial charge on any atom is 0.147 e. The molecule has 0 spiro atoms. The molecule has 0 saturated carbocycles. The Bertz CT molecular complexity index is 414. The average Bonchev–Trinajstić information content (AvgIpc) is 2.83. The molecule has 1 aromatic rings. The Balaban J connectivity index is 1.78. The monoisotopic (exact) mass is 296 g/mol. The number of nitrogens with zero attached hydrogens (tertiary/aromatic N) is 4. The average molecular weight is 296 g/mol. The summed E-state index contributed by atoms with van der Waals surface area (Å²) in [5.41, 5.74) is 0. The van der Waals surface area contributed by atoms with Crippen molar-refractivity contribution in [2.24, 2.45) is 0 Å². The van der Waals surface area contributed by atoms with Crippen molar-refractivity contribution in [3.8, 4) is 0 Å². The number of ether oxygens (including phenoxy) is 1. The summed E-state index contributed by atoms with van der Waals surface area (Å²) < 4.78 is 7.99. The van der Waals surface area contributed by atoms with E-state index in [-0.39, 0.29) is 6.61 Å².